The summed E-state index contributed by atoms with van der Waals surface area (Å²) in [4.78, 5) is 26.1. The van der Waals surface area contributed by atoms with E-state index < -0.39 is 17.7 Å². The van der Waals surface area contributed by atoms with Gasteiger partial charge in [0.05, 0.1) is 18.2 Å². The predicted molar refractivity (Wildman–Crippen MR) is 95.7 cm³/mol. The molecule has 0 radical (unpaired) electrons. The Morgan fingerprint density at radius 3 is 2.42 bits per heavy atom. The van der Waals surface area contributed by atoms with Crippen molar-refractivity contribution >= 4 is 29.1 Å². The van der Waals surface area contributed by atoms with E-state index in [1.807, 2.05) is 0 Å². The van der Waals surface area contributed by atoms with E-state index in [-0.39, 0.29) is 30.2 Å². The van der Waals surface area contributed by atoms with Gasteiger partial charge >= 0.3 is 0 Å². The second-order valence-electron chi connectivity index (χ2n) is 5.82. The Balaban J connectivity index is 2.19. The lowest BCUT2D eigenvalue weighted by Crippen LogP contribution is -2.32. The van der Waals surface area contributed by atoms with Crippen molar-refractivity contribution in [3.05, 3.63) is 70.3 Å². The van der Waals surface area contributed by atoms with Crippen LogP contribution >= 0.6 is 11.6 Å². The molecule has 1 heterocycles. The zero-order valence-electron chi connectivity index (χ0n) is 13.6. The van der Waals surface area contributed by atoms with Crippen LogP contribution < -0.4 is 0 Å². The molecule has 7 heteroatoms. The zero-order valence-corrected chi connectivity index (χ0v) is 14.3. The molecular formula is C19H16ClNO5. The summed E-state index contributed by atoms with van der Waals surface area (Å²) in [7, 11) is 0. The third-order valence-corrected chi connectivity index (χ3v) is 4.44. The molecule has 2 aromatic rings. The summed E-state index contributed by atoms with van der Waals surface area (Å²) >= 11 is 5.85. The maximum atomic E-state index is 12.6. The van der Waals surface area contributed by atoms with Crippen LogP contribution in [0.15, 0.2) is 54.1 Å². The molecule has 26 heavy (non-hydrogen) atoms. The van der Waals surface area contributed by atoms with Crippen LogP contribution in [0.4, 0.5) is 0 Å². The number of carbonyl (C=O) groups excluding carboxylic acids is 2. The largest absolute Gasteiger partial charge is 0.508 e. The van der Waals surface area contributed by atoms with Gasteiger partial charge in [-0.05, 0) is 42.0 Å². The van der Waals surface area contributed by atoms with Crippen LogP contribution in [0.2, 0.25) is 5.02 Å². The maximum absolute atomic E-state index is 12.6. The fourth-order valence-corrected chi connectivity index (χ4v) is 3.15. The molecule has 0 saturated carbocycles. The van der Waals surface area contributed by atoms with Crippen LogP contribution in [-0.4, -0.2) is 45.1 Å². The van der Waals surface area contributed by atoms with Crippen molar-refractivity contribution in [3.8, 4) is 5.75 Å². The second kappa shape index (κ2) is 7.19. The first kappa shape index (κ1) is 18.0. The number of nitrogens with zero attached hydrogens (tertiary/aromatic N) is 1. The molecule has 6 nitrogen and oxygen atoms in total. The van der Waals surface area contributed by atoms with Gasteiger partial charge in [-0.1, -0.05) is 23.7 Å². The second-order valence-corrected chi connectivity index (χ2v) is 6.25. The number of hydrogen-bond donors (Lipinski definition) is 3. The third-order valence-electron chi connectivity index (χ3n) is 4.18. The standard InChI is InChI=1S/C19H16ClNO5/c20-13-6-4-11(5-7-13)17(24)15-16(12-2-1-3-14(23)10-12)21(8-9-22)19(26)18(15)25/h1-7,10,16,22-24H,8-9H2. The molecule has 1 fully saturated rings. The number of likely N-dealkylation sites (tertiary alicyclic amines) is 1. The molecule has 0 aromatic heterocycles. The minimum absolute atomic E-state index is 0.0384. The average molecular weight is 374 g/mol. The van der Waals surface area contributed by atoms with Crippen LogP contribution in [0.3, 0.4) is 0 Å². The van der Waals surface area contributed by atoms with Crippen LogP contribution in [-0.2, 0) is 9.59 Å². The number of rotatable bonds is 4. The molecule has 134 valence electrons. The molecule has 1 aliphatic heterocycles. The van der Waals surface area contributed by atoms with E-state index in [0.29, 0.717) is 16.1 Å². The number of hydrogen-bond acceptors (Lipinski definition) is 5. The van der Waals surface area contributed by atoms with Gasteiger partial charge in [0.25, 0.3) is 11.7 Å². The average Bonchev–Trinajstić information content (AvgIpc) is 2.87. The Labute approximate surface area is 154 Å². The Morgan fingerprint density at radius 2 is 1.81 bits per heavy atom. The number of aliphatic hydroxyl groups is 2. The van der Waals surface area contributed by atoms with E-state index in [0.717, 1.165) is 0 Å². The highest BCUT2D eigenvalue weighted by Gasteiger charge is 2.45. The van der Waals surface area contributed by atoms with Crippen molar-refractivity contribution in [2.45, 2.75) is 6.04 Å². The number of β-amino-alcohol motifs (C(OH)–C–C–N with tert-alkyl or cyclic N) is 1. The lowest BCUT2D eigenvalue weighted by Gasteiger charge is -2.24. The third kappa shape index (κ3) is 3.16. The number of carbonyl (C=O) groups is 2. The van der Waals surface area contributed by atoms with E-state index >= 15 is 0 Å². The van der Waals surface area contributed by atoms with Gasteiger partial charge in [-0.15, -0.1) is 0 Å². The number of aromatic hydroxyl groups is 1. The number of benzene rings is 2. The minimum atomic E-state index is -0.912. The monoisotopic (exact) mass is 373 g/mol. The van der Waals surface area contributed by atoms with Gasteiger partial charge in [0, 0.05) is 17.1 Å². The van der Waals surface area contributed by atoms with Gasteiger partial charge in [-0.2, -0.15) is 0 Å². The van der Waals surface area contributed by atoms with E-state index in [4.69, 9.17) is 11.6 Å². The van der Waals surface area contributed by atoms with Gasteiger partial charge in [0.1, 0.15) is 11.5 Å². The first-order valence-corrected chi connectivity index (χ1v) is 8.26. The number of phenolic OH excluding ortho intramolecular Hbond substituents is 1. The fourth-order valence-electron chi connectivity index (χ4n) is 3.02. The van der Waals surface area contributed by atoms with Crippen molar-refractivity contribution in [3.63, 3.8) is 0 Å². The highest BCUT2D eigenvalue weighted by molar-refractivity contribution is 6.46. The molecule has 0 bridgehead atoms. The molecular weight excluding hydrogens is 358 g/mol. The summed E-state index contributed by atoms with van der Waals surface area (Å²) in [6, 6.07) is 11.4. The molecule has 1 unspecified atom stereocenters. The van der Waals surface area contributed by atoms with Gasteiger partial charge < -0.3 is 20.2 Å². The molecule has 1 saturated heterocycles. The van der Waals surface area contributed by atoms with E-state index in [9.17, 15) is 24.9 Å². The topological polar surface area (TPSA) is 98.1 Å². The lowest BCUT2D eigenvalue weighted by atomic mass is 9.95. The highest BCUT2D eigenvalue weighted by Crippen LogP contribution is 2.39. The molecule has 2 aromatic carbocycles. The first-order valence-electron chi connectivity index (χ1n) is 7.88. The smallest absolute Gasteiger partial charge is 0.295 e. The van der Waals surface area contributed by atoms with Gasteiger partial charge in [0.15, 0.2) is 0 Å². The Morgan fingerprint density at radius 1 is 1.12 bits per heavy atom. The van der Waals surface area contributed by atoms with Gasteiger partial charge in [0.2, 0.25) is 0 Å². The van der Waals surface area contributed by atoms with Crippen LogP contribution in [0.1, 0.15) is 17.2 Å². The van der Waals surface area contributed by atoms with Crippen LogP contribution in [0.5, 0.6) is 5.75 Å². The van der Waals surface area contributed by atoms with Crippen molar-refractivity contribution in [1.82, 2.24) is 4.90 Å². The summed E-state index contributed by atoms with van der Waals surface area (Å²) < 4.78 is 0. The minimum Gasteiger partial charge on any atom is -0.508 e. The van der Waals surface area contributed by atoms with Crippen molar-refractivity contribution < 1.29 is 24.9 Å². The number of aliphatic hydroxyl groups excluding tert-OH is 2. The molecule has 3 rings (SSSR count). The number of halogens is 1. The van der Waals surface area contributed by atoms with Crippen molar-refractivity contribution in [1.29, 1.82) is 0 Å². The van der Waals surface area contributed by atoms with Gasteiger partial charge in [-0.3, -0.25) is 9.59 Å². The number of phenols is 1. The van der Waals surface area contributed by atoms with Crippen LogP contribution in [0.25, 0.3) is 5.76 Å². The molecule has 1 aliphatic rings. The Bertz CT molecular complexity index is 891. The van der Waals surface area contributed by atoms with Crippen molar-refractivity contribution in [2.24, 2.45) is 0 Å². The normalized spacial score (nSPS) is 19.2. The Hall–Kier alpha value is -2.83. The number of amides is 1. The lowest BCUT2D eigenvalue weighted by molar-refractivity contribution is -0.140. The van der Waals surface area contributed by atoms with E-state index in [1.54, 1.807) is 24.3 Å². The highest BCUT2D eigenvalue weighted by atomic mass is 35.5. The quantitative estimate of drug-likeness (QED) is 0.434. The summed E-state index contributed by atoms with van der Waals surface area (Å²) in [6.45, 7) is -0.425. The molecule has 1 atom stereocenters. The summed E-state index contributed by atoms with van der Waals surface area (Å²) in [5.74, 6) is -2.04. The van der Waals surface area contributed by atoms with E-state index in [1.165, 1.54) is 29.2 Å². The number of ketones is 1. The first-order chi connectivity index (χ1) is 12.4. The van der Waals surface area contributed by atoms with Gasteiger partial charge in [-0.25, -0.2) is 0 Å². The Kier molecular flexibility index (Phi) is 4.97. The predicted octanol–water partition coefficient (Wildman–Crippen LogP) is 2.46. The molecule has 1 amide bonds. The van der Waals surface area contributed by atoms with Crippen molar-refractivity contribution in [2.75, 3.05) is 13.2 Å². The van der Waals surface area contributed by atoms with Crippen LogP contribution in [0, 0.1) is 0 Å². The molecule has 3 N–H and O–H groups in total. The summed E-state index contributed by atoms with van der Waals surface area (Å²) in [5, 5.41) is 30.2. The molecule has 0 aliphatic carbocycles. The maximum Gasteiger partial charge on any atom is 0.295 e. The zero-order chi connectivity index (χ0) is 18.8. The number of Topliss-reactive ketones (excluding diaryl/α,β-unsaturated/α-hetero) is 1. The fraction of sp³-hybridized carbons (Fsp3) is 0.158. The SMILES string of the molecule is O=C1C(=O)N(CCO)C(c2cccc(O)c2)C1=C(O)c1ccc(Cl)cc1. The van der Waals surface area contributed by atoms with E-state index in [2.05, 4.69) is 0 Å². The summed E-state index contributed by atoms with van der Waals surface area (Å²) in [5.41, 5.74) is 0.686. The summed E-state index contributed by atoms with van der Waals surface area (Å²) in [6.07, 6.45) is 0. The molecule has 0 spiro atoms.